The summed E-state index contributed by atoms with van der Waals surface area (Å²) >= 11 is 5.28. The quantitative estimate of drug-likeness (QED) is 0.798. The maximum atomic E-state index is 11.6. The maximum Gasteiger partial charge on any atom is 0.321 e. The largest absolute Gasteiger partial charge is 0.331 e. The van der Waals surface area contributed by atoms with Crippen LogP contribution in [0, 0.1) is 0 Å². The van der Waals surface area contributed by atoms with E-state index in [1.165, 1.54) is 4.90 Å². The van der Waals surface area contributed by atoms with Crippen molar-refractivity contribution < 1.29 is 4.79 Å². The van der Waals surface area contributed by atoms with Gasteiger partial charge in [0, 0.05) is 19.7 Å². The molecule has 92 valence electrons. The molecular formula is C14H14N2OS. The number of urea groups is 1. The van der Waals surface area contributed by atoms with Crippen molar-refractivity contribution in [1.29, 1.82) is 0 Å². The second kappa shape index (κ2) is 5.14. The summed E-state index contributed by atoms with van der Waals surface area (Å²) in [5.41, 5.74) is 0.873. The van der Waals surface area contributed by atoms with Gasteiger partial charge in [-0.25, -0.2) is 4.79 Å². The average Bonchev–Trinajstić information content (AvgIpc) is 2.37. The fourth-order valence-corrected chi connectivity index (χ4v) is 1.96. The van der Waals surface area contributed by atoms with Crippen LogP contribution in [0.25, 0.3) is 10.8 Å². The fourth-order valence-electron chi connectivity index (χ4n) is 1.70. The minimum Gasteiger partial charge on any atom is -0.331 e. The molecule has 0 saturated carbocycles. The van der Waals surface area contributed by atoms with Gasteiger partial charge >= 0.3 is 6.03 Å². The zero-order chi connectivity index (χ0) is 13.1. The van der Waals surface area contributed by atoms with Crippen LogP contribution in [-0.2, 0) is 0 Å². The fraction of sp³-hybridized carbons (Fsp3) is 0.143. The molecule has 2 aromatic rings. The van der Waals surface area contributed by atoms with Crippen molar-refractivity contribution in [3.63, 3.8) is 0 Å². The standard InChI is InChI=1S/C14H14N2OS/c1-16(2)14(17)15-13(18)12-9-5-7-10-6-3-4-8-11(10)12/h3-9H,1-2H3,(H,15,17,18). The molecule has 0 saturated heterocycles. The Morgan fingerprint density at radius 3 is 2.50 bits per heavy atom. The summed E-state index contributed by atoms with van der Waals surface area (Å²) < 4.78 is 0. The number of fused-ring (bicyclic) bond motifs is 1. The number of carbonyl (C=O) groups excluding carboxylic acids is 1. The highest BCUT2D eigenvalue weighted by Crippen LogP contribution is 2.18. The maximum absolute atomic E-state index is 11.6. The molecule has 0 radical (unpaired) electrons. The lowest BCUT2D eigenvalue weighted by molar-refractivity contribution is 0.222. The van der Waals surface area contributed by atoms with Gasteiger partial charge in [-0.1, -0.05) is 54.7 Å². The van der Waals surface area contributed by atoms with Crippen LogP contribution in [-0.4, -0.2) is 30.0 Å². The Bertz CT molecular complexity index is 602. The number of rotatable bonds is 1. The predicted octanol–water partition coefficient (Wildman–Crippen LogP) is 2.79. The van der Waals surface area contributed by atoms with E-state index in [1.54, 1.807) is 14.1 Å². The zero-order valence-electron chi connectivity index (χ0n) is 10.3. The molecule has 0 aliphatic rings. The van der Waals surface area contributed by atoms with Crippen LogP contribution in [0.1, 0.15) is 5.56 Å². The molecule has 2 aromatic carbocycles. The first-order valence-corrected chi connectivity index (χ1v) is 6.01. The van der Waals surface area contributed by atoms with Gasteiger partial charge in [-0.15, -0.1) is 0 Å². The molecule has 0 heterocycles. The summed E-state index contributed by atoms with van der Waals surface area (Å²) in [4.78, 5) is 13.5. The van der Waals surface area contributed by atoms with Crippen molar-refractivity contribution in [3.05, 3.63) is 48.0 Å². The summed E-state index contributed by atoms with van der Waals surface area (Å²) in [7, 11) is 3.36. The van der Waals surface area contributed by atoms with E-state index in [9.17, 15) is 4.79 Å². The molecule has 0 aliphatic carbocycles. The van der Waals surface area contributed by atoms with Gasteiger partial charge in [0.25, 0.3) is 0 Å². The second-order valence-electron chi connectivity index (χ2n) is 4.18. The Labute approximate surface area is 111 Å². The number of hydrogen-bond acceptors (Lipinski definition) is 2. The summed E-state index contributed by atoms with van der Waals surface area (Å²) in [5, 5.41) is 4.86. The highest BCUT2D eigenvalue weighted by atomic mass is 32.1. The third-order valence-corrected chi connectivity index (χ3v) is 2.98. The highest BCUT2D eigenvalue weighted by molar-refractivity contribution is 7.80. The van der Waals surface area contributed by atoms with Crippen molar-refractivity contribution in [3.8, 4) is 0 Å². The van der Waals surface area contributed by atoms with E-state index in [0.29, 0.717) is 4.99 Å². The van der Waals surface area contributed by atoms with Crippen LogP contribution < -0.4 is 5.32 Å². The van der Waals surface area contributed by atoms with Crippen molar-refractivity contribution >= 4 is 34.0 Å². The van der Waals surface area contributed by atoms with Gasteiger partial charge in [-0.05, 0) is 10.8 Å². The van der Waals surface area contributed by atoms with Crippen LogP contribution >= 0.6 is 12.2 Å². The van der Waals surface area contributed by atoms with Crippen molar-refractivity contribution in [2.45, 2.75) is 0 Å². The van der Waals surface area contributed by atoms with Crippen molar-refractivity contribution in [2.75, 3.05) is 14.1 Å². The summed E-state index contributed by atoms with van der Waals surface area (Å²) in [6, 6.07) is 13.6. The molecule has 2 amide bonds. The Kier molecular flexibility index (Phi) is 3.58. The van der Waals surface area contributed by atoms with Gasteiger partial charge < -0.3 is 4.90 Å². The third kappa shape index (κ3) is 2.49. The van der Waals surface area contributed by atoms with Gasteiger partial charge in [-0.3, -0.25) is 5.32 Å². The number of thiocarbonyl (C=S) groups is 1. The SMILES string of the molecule is CN(C)C(=O)NC(=S)c1cccc2ccccc12. The first-order valence-electron chi connectivity index (χ1n) is 5.60. The molecular weight excluding hydrogens is 244 g/mol. The van der Waals surface area contributed by atoms with E-state index in [-0.39, 0.29) is 6.03 Å². The number of carbonyl (C=O) groups is 1. The lowest BCUT2D eigenvalue weighted by Gasteiger charge is -2.14. The minimum atomic E-state index is -0.215. The molecule has 0 aliphatic heterocycles. The van der Waals surface area contributed by atoms with Crippen LogP contribution in [0.15, 0.2) is 42.5 Å². The molecule has 1 N–H and O–H groups in total. The van der Waals surface area contributed by atoms with E-state index in [0.717, 1.165) is 16.3 Å². The van der Waals surface area contributed by atoms with Gasteiger partial charge in [0.1, 0.15) is 4.99 Å². The Hall–Kier alpha value is -1.94. The number of nitrogens with zero attached hydrogens (tertiary/aromatic N) is 1. The zero-order valence-corrected chi connectivity index (χ0v) is 11.1. The Morgan fingerprint density at radius 1 is 1.11 bits per heavy atom. The molecule has 0 bridgehead atoms. The molecule has 0 atom stereocenters. The van der Waals surface area contributed by atoms with Crippen molar-refractivity contribution in [2.24, 2.45) is 0 Å². The third-order valence-electron chi connectivity index (χ3n) is 2.66. The molecule has 0 spiro atoms. The van der Waals surface area contributed by atoms with Crippen LogP contribution in [0.3, 0.4) is 0 Å². The molecule has 3 nitrogen and oxygen atoms in total. The average molecular weight is 258 g/mol. The monoisotopic (exact) mass is 258 g/mol. The molecule has 4 heteroatoms. The number of benzene rings is 2. The number of hydrogen-bond donors (Lipinski definition) is 1. The summed E-state index contributed by atoms with van der Waals surface area (Å²) in [6.07, 6.45) is 0. The topological polar surface area (TPSA) is 32.3 Å². The second-order valence-corrected chi connectivity index (χ2v) is 4.59. The first-order chi connectivity index (χ1) is 8.59. The summed E-state index contributed by atoms with van der Waals surface area (Å²) in [5.74, 6) is 0. The van der Waals surface area contributed by atoms with Gasteiger partial charge in [0.2, 0.25) is 0 Å². The molecule has 0 aromatic heterocycles. The van der Waals surface area contributed by atoms with E-state index >= 15 is 0 Å². The molecule has 0 fully saturated rings. The highest BCUT2D eigenvalue weighted by Gasteiger charge is 2.10. The lowest BCUT2D eigenvalue weighted by Crippen LogP contribution is -2.38. The van der Waals surface area contributed by atoms with Crippen LogP contribution in [0.4, 0.5) is 4.79 Å². The van der Waals surface area contributed by atoms with Gasteiger partial charge in [0.15, 0.2) is 0 Å². The van der Waals surface area contributed by atoms with Gasteiger partial charge in [-0.2, -0.15) is 0 Å². The van der Waals surface area contributed by atoms with E-state index < -0.39 is 0 Å². The van der Waals surface area contributed by atoms with E-state index in [1.807, 2.05) is 42.5 Å². The normalized spacial score (nSPS) is 10.1. The van der Waals surface area contributed by atoms with Crippen molar-refractivity contribution in [1.82, 2.24) is 10.2 Å². The summed E-state index contributed by atoms with van der Waals surface area (Å²) in [6.45, 7) is 0. The molecule has 18 heavy (non-hydrogen) atoms. The smallest absolute Gasteiger partial charge is 0.321 e. The van der Waals surface area contributed by atoms with Crippen LogP contribution in [0.2, 0.25) is 0 Å². The Morgan fingerprint density at radius 2 is 1.78 bits per heavy atom. The predicted molar refractivity (Wildman–Crippen MR) is 77.9 cm³/mol. The number of nitrogens with one attached hydrogen (secondary N) is 1. The van der Waals surface area contributed by atoms with E-state index in [2.05, 4.69) is 5.32 Å². The Balaban J connectivity index is 2.36. The van der Waals surface area contributed by atoms with Gasteiger partial charge in [0.05, 0.1) is 0 Å². The minimum absolute atomic E-state index is 0.215. The molecule has 0 unspecified atom stereocenters. The molecule has 2 rings (SSSR count). The first kappa shape index (κ1) is 12.5. The lowest BCUT2D eigenvalue weighted by atomic mass is 10.0. The number of amides is 2. The van der Waals surface area contributed by atoms with Crippen LogP contribution in [0.5, 0.6) is 0 Å². The van der Waals surface area contributed by atoms with E-state index in [4.69, 9.17) is 12.2 Å².